The smallest absolute Gasteiger partial charge is 0.167 e. The first-order chi connectivity index (χ1) is 7.57. The second-order valence-electron chi connectivity index (χ2n) is 4.55. The largest absolute Gasteiger partial charge is 0.494 e. The Balaban J connectivity index is 2.45. The highest BCUT2D eigenvalue weighted by Gasteiger charge is 2.34. The fraction of sp³-hybridized carbons (Fsp3) is 0.538. The van der Waals surface area contributed by atoms with E-state index in [4.69, 9.17) is 4.74 Å². The molecule has 2 rings (SSSR count). The van der Waals surface area contributed by atoms with E-state index in [1.807, 2.05) is 0 Å². The molecular formula is C13H17FO2. The first-order valence-corrected chi connectivity index (χ1v) is 5.64. The number of ether oxygens (including phenoxy) is 1. The number of benzene rings is 1. The lowest BCUT2D eigenvalue weighted by Gasteiger charge is -2.24. The van der Waals surface area contributed by atoms with Gasteiger partial charge in [0.05, 0.1) is 12.7 Å². The molecule has 1 aliphatic rings. The standard InChI is InChI=1S/C13H17FO2/c1-9-7-10(8-11(16-2)12(9)14)13(15)5-3-4-6-13/h7-8,15H,3-6H2,1-2H3. The summed E-state index contributed by atoms with van der Waals surface area (Å²) in [5.41, 5.74) is 0.515. The number of hydrogen-bond donors (Lipinski definition) is 1. The van der Waals surface area contributed by atoms with Crippen LogP contribution in [0.25, 0.3) is 0 Å². The van der Waals surface area contributed by atoms with Crippen molar-refractivity contribution in [2.75, 3.05) is 7.11 Å². The molecule has 0 aliphatic heterocycles. The van der Waals surface area contributed by atoms with E-state index in [1.165, 1.54) is 7.11 Å². The van der Waals surface area contributed by atoms with E-state index in [0.29, 0.717) is 5.56 Å². The van der Waals surface area contributed by atoms with Crippen LogP contribution in [-0.4, -0.2) is 12.2 Å². The van der Waals surface area contributed by atoms with Gasteiger partial charge in [0, 0.05) is 0 Å². The van der Waals surface area contributed by atoms with Crippen molar-refractivity contribution in [1.82, 2.24) is 0 Å². The van der Waals surface area contributed by atoms with E-state index < -0.39 is 5.60 Å². The number of halogens is 1. The van der Waals surface area contributed by atoms with Crippen molar-refractivity contribution in [1.29, 1.82) is 0 Å². The van der Waals surface area contributed by atoms with Crippen molar-refractivity contribution in [3.05, 3.63) is 29.1 Å². The summed E-state index contributed by atoms with van der Waals surface area (Å²) in [4.78, 5) is 0. The van der Waals surface area contributed by atoms with E-state index in [1.54, 1.807) is 19.1 Å². The Labute approximate surface area is 95.1 Å². The van der Waals surface area contributed by atoms with Gasteiger partial charge in [-0.05, 0) is 37.0 Å². The van der Waals surface area contributed by atoms with Gasteiger partial charge in [0.25, 0.3) is 0 Å². The minimum Gasteiger partial charge on any atom is -0.494 e. The summed E-state index contributed by atoms with van der Waals surface area (Å²) in [6, 6.07) is 3.34. The molecule has 2 nitrogen and oxygen atoms in total. The highest BCUT2D eigenvalue weighted by atomic mass is 19.1. The topological polar surface area (TPSA) is 29.5 Å². The van der Waals surface area contributed by atoms with E-state index in [0.717, 1.165) is 31.2 Å². The van der Waals surface area contributed by atoms with Crippen molar-refractivity contribution in [2.45, 2.75) is 38.2 Å². The number of hydrogen-bond acceptors (Lipinski definition) is 2. The van der Waals surface area contributed by atoms with Crippen LogP contribution in [0.1, 0.15) is 36.8 Å². The molecule has 0 atom stereocenters. The van der Waals surface area contributed by atoms with Crippen molar-refractivity contribution >= 4 is 0 Å². The quantitative estimate of drug-likeness (QED) is 0.837. The van der Waals surface area contributed by atoms with Gasteiger partial charge < -0.3 is 9.84 Å². The molecular weight excluding hydrogens is 207 g/mol. The van der Waals surface area contributed by atoms with Crippen LogP contribution in [0.4, 0.5) is 4.39 Å². The predicted octanol–water partition coefficient (Wildman–Crippen LogP) is 2.90. The maximum atomic E-state index is 13.6. The van der Waals surface area contributed by atoms with Gasteiger partial charge in [-0.25, -0.2) is 4.39 Å². The van der Waals surface area contributed by atoms with E-state index in [2.05, 4.69) is 0 Å². The first-order valence-electron chi connectivity index (χ1n) is 5.64. The lowest BCUT2D eigenvalue weighted by atomic mass is 9.91. The molecule has 16 heavy (non-hydrogen) atoms. The molecule has 88 valence electrons. The Bertz CT molecular complexity index is 395. The zero-order valence-electron chi connectivity index (χ0n) is 9.72. The molecule has 0 aromatic heterocycles. The van der Waals surface area contributed by atoms with Crippen LogP contribution in [0, 0.1) is 12.7 Å². The Kier molecular flexibility index (Phi) is 2.89. The highest BCUT2D eigenvalue weighted by molar-refractivity contribution is 5.38. The van der Waals surface area contributed by atoms with Gasteiger partial charge in [0.1, 0.15) is 0 Å². The minimum absolute atomic E-state index is 0.218. The van der Waals surface area contributed by atoms with Gasteiger partial charge in [-0.15, -0.1) is 0 Å². The summed E-state index contributed by atoms with van der Waals surface area (Å²) in [5.74, 6) is -0.122. The van der Waals surface area contributed by atoms with Crippen molar-refractivity contribution < 1.29 is 14.2 Å². The molecule has 3 heteroatoms. The van der Waals surface area contributed by atoms with Crippen LogP contribution in [0.2, 0.25) is 0 Å². The average Bonchev–Trinajstić information content (AvgIpc) is 2.70. The zero-order valence-corrected chi connectivity index (χ0v) is 9.72. The van der Waals surface area contributed by atoms with Gasteiger partial charge in [0.2, 0.25) is 0 Å². The second-order valence-corrected chi connectivity index (χ2v) is 4.55. The first kappa shape index (κ1) is 11.4. The Morgan fingerprint density at radius 1 is 1.31 bits per heavy atom. The molecule has 1 saturated carbocycles. The van der Waals surface area contributed by atoms with Crippen LogP contribution < -0.4 is 4.74 Å². The third-order valence-electron chi connectivity index (χ3n) is 3.41. The average molecular weight is 224 g/mol. The normalized spacial score (nSPS) is 18.8. The third kappa shape index (κ3) is 1.80. The van der Waals surface area contributed by atoms with E-state index in [9.17, 15) is 9.50 Å². The summed E-state index contributed by atoms with van der Waals surface area (Å²) in [6.07, 6.45) is 3.55. The van der Waals surface area contributed by atoms with E-state index in [-0.39, 0.29) is 11.6 Å². The zero-order chi connectivity index (χ0) is 11.8. The Hall–Kier alpha value is -1.09. The molecule has 1 aliphatic carbocycles. The van der Waals surface area contributed by atoms with Crippen molar-refractivity contribution in [3.63, 3.8) is 0 Å². The fourth-order valence-electron chi connectivity index (χ4n) is 2.40. The third-order valence-corrected chi connectivity index (χ3v) is 3.41. The van der Waals surface area contributed by atoms with Crippen molar-refractivity contribution in [3.8, 4) is 5.75 Å². The summed E-state index contributed by atoms with van der Waals surface area (Å²) in [5, 5.41) is 10.4. The van der Waals surface area contributed by atoms with Crippen molar-refractivity contribution in [2.24, 2.45) is 0 Å². The molecule has 1 aromatic rings. The Morgan fingerprint density at radius 3 is 2.50 bits per heavy atom. The molecule has 0 heterocycles. The monoisotopic (exact) mass is 224 g/mol. The van der Waals surface area contributed by atoms with Crippen LogP contribution >= 0.6 is 0 Å². The fourth-order valence-corrected chi connectivity index (χ4v) is 2.40. The highest BCUT2D eigenvalue weighted by Crippen LogP contribution is 2.40. The van der Waals surface area contributed by atoms with Crippen LogP contribution in [0.3, 0.4) is 0 Å². The number of aryl methyl sites for hydroxylation is 1. The van der Waals surface area contributed by atoms with Crippen LogP contribution in [0.5, 0.6) is 5.75 Å². The summed E-state index contributed by atoms with van der Waals surface area (Å²) < 4.78 is 18.6. The molecule has 0 bridgehead atoms. The van der Waals surface area contributed by atoms with Crippen LogP contribution in [0.15, 0.2) is 12.1 Å². The maximum absolute atomic E-state index is 13.6. The summed E-state index contributed by atoms with van der Waals surface area (Å²) >= 11 is 0. The number of rotatable bonds is 2. The van der Waals surface area contributed by atoms with Crippen LogP contribution in [-0.2, 0) is 5.60 Å². The van der Waals surface area contributed by atoms with Gasteiger partial charge in [-0.3, -0.25) is 0 Å². The summed E-state index contributed by atoms with van der Waals surface area (Å²) in [6.45, 7) is 1.69. The SMILES string of the molecule is COc1cc(C2(O)CCCC2)cc(C)c1F. The maximum Gasteiger partial charge on any atom is 0.167 e. The van der Waals surface area contributed by atoms with Gasteiger partial charge in [-0.2, -0.15) is 0 Å². The molecule has 1 aromatic carbocycles. The summed E-state index contributed by atoms with van der Waals surface area (Å²) in [7, 11) is 1.44. The van der Waals surface area contributed by atoms with E-state index >= 15 is 0 Å². The minimum atomic E-state index is -0.786. The van der Waals surface area contributed by atoms with Gasteiger partial charge in [0.15, 0.2) is 11.6 Å². The molecule has 0 saturated heterocycles. The molecule has 0 unspecified atom stereocenters. The molecule has 0 spiro atoms. The van der Waals surface area contributed by atoms with Gasteiger partial charge >= 0.3 is 0 Å². The molecule has 1 fully saturated rings. The molecule has 0 radical (unpaired) electrons. The molecule has 0 amide bonds. The van der Waals surface area contributed by atoms with Gasteiger partial charge in [-0.1, -0.05) is 18.9 Å². The Morgan fingerprint density at radius 2 is 1.94 bits per heavy atom. The lowest BCUT2D eigenvalue weighted by Crippen LogP contribution is -2.21. The molecule has 1 N–H and O–H groups in total. The number of aliphatic hydroxyl groups is 1. The lowest BCUT2D eigenvalue weighted by molar-refractivity contribution is 0.0441. The number of methoxy groups -OCH3 is 1. The second kappa shape index (κ2) is 4.06. The predicted molar refractivity (Wildman–Crippen MR) is 60.1 cm³/mol.